The van der Waals surface area contributed by atoms with Crippen LogP contribution in [0.4, 0.5) is 17.6 Å². The molecular formula is C14H14ClF4NO. The van der Waals surface area contributed by atoms with E-state index in [2.05, 4.69) is 0 Å². The first kappa shape index (κ1) is 16.1. The van der Waals surface area contributed by atoms with Gasteiger partial charge in [-0.1, -0.05) is 6.07 Å². The Bertz CT molecular complexity index is 526. The lowest BCUT2D eigenvalue weighted by atomic mass is 10.0. The maximum absolute atomic E-state index is 13.2. The fourth-order valence-electron chi connectivity index (χ4n) is 2.33. The summed E-state index contributed by atoms with van der Waals surface area (Å²) in [5, 5.41) is -1.23. The smallest absolute Gasteiger partial charge is 0.341 e. The lowest BCUT2D eigenvalue weighted by molar-refractivity contribution is -0.140. The summed E-state index contributed by atoms with van der Waals surface area (Å²) in [7, 11) is 0. The summed E-state index contributed by atoms with van der Waals surface area (Å²) in [5.74, 6) is -1.81. The van der Waals surface area contributed by atoms with E-state index in [-0.39, 0.29) is 5.56 Å². The van der Waals surface area contributed by atoms with Gasteiger partial charge in [0.2, 0.25) is 5.91 Å². The van der Waals surface area contributed by atoms with Gasteiger partial charge in [-0.15, -0.1) is 11.6 Å². The monoisotopic (exact) mass is 323 g/mol. The molecule has 1 aromatic carbocycles. The number of carbonyl (C=O) groups is 1. The van der Waals surface area contributed by atoms with Crippen molar-refractivity contribution in [1.82, 2.24) is 4.90 Å². The highest BCUT2D eigenvalue weighted by molar-refractivity contribution is 6.30. The molecule has 1 aromatic rings. The van der Waals surface area contributed by atoms with E-state index < -0.39 is 28.8 Å². The Hall–Kier alpha value is -1.30. The van der Waals surface area contributed by atoms with Crippen LogP contribution in [0.3, 0.4) is 0 Å². The number of piperidine rings is 1. The molecule has 7 heteroatoms. The number of alkyl halides is 4. The van der Waals surface area contributed by atoms with Crippen molar-refractivity contribution in [2.75, 3.05) is 13.1 Å². The molecule has 2 nitrogen and oxygen atoms in total. The summed E-state index contributed by atoms with van der Waals surface area (Å²) in [6.07, 6.45) is -2.09. The van der Waals surface area contributed by atoms with Crippen LogP contribution >= 0.6 is 11.6 Å². The van der Waals surface area contributed by atoms with E-state index in [1.54, 1.807) is 0 Å². The fraction of sp³-hybridized carbons (Fsp3) is 0.500. The molecule has 116 valence electrons. The third kappa shape index (κ3) is 3.67. The van der Waals surface area contributed by atoms with Crippen LogP contribution in [-0.2, 0) is 11.0 Å². The molecule has 2 rings (SSSR count). The molecule has 0 aliphatic carbocycles. The van der Waals surface area contributed by atoms with Gasteiger partial charge in [-0.25, -0.2) is 4.39 Å². The largest absolute Gasteiger partial charge is 0.419 e. The zero-order valence-electron chi connectivity index (χ0n) is 11.1. The fourth-order valence-corrected chi connectivity index (χ4v) is 2.61. The van der Waals surface area contributed by atoms with Crippen molar-refractivity contribution in [2.24, 2.45) is 0 Å². The minimum absolute atomic E-state index is 0.0408. The summed E-state index contributed by atoms with van der Waals surface area (Å²) in [5.41, 5.74) is -1.45. The Labute approximate surface area is 124 Å². The molecule has 0 saturated carbocycles. The number of benzene rings is 1. The highest BCUT2D eigenvalue weighted by Gasteiger charge is 2.35. The molecule has 0 radical (unpaired) electrons. The molecule has 1 aliphatic rings. The SMILES string of the molecule is O=C(C(Cl)c1ccc(F)c(C(F)(F)F)c1)N1CCCCC1. The highest BCUT2D eigenvalue weighted by atomic mass is 35.5. The number of hydrogen-bond acceptors (Lipinski definition) is 1. The number of carbonyl (C=O) groups excluding carboxylic acids is 1. The van der Waals surface area contributed by atoms with Crippen molar-refractivity contribution in [2.45, 2.75) is 30.8 Å². The van der Waals surface area contributed by atoms with Crippen molar-refractivity contribution in [3.8, 4) is 0 Å². The molecule has 0 aromatic heterocycles. The van der Waals surface area contributed by atoms with Crippen LogP contribution in [0.5, 0.6) is 0 Å². The topological polar surface area (TPSA) is 20.3 Å². The van der Waals surface area contributed by atoms with Crippen LogP contribution in [0.25, 0.3) is 0 Å². The third-order valence-corrected chi connectivity index (χ3v) is 3.91. The summed E-state index contributed by atoms with van der Waals surface area (Å²) in [6, 6.07) is 2.41. The Balaban J connectivity index is 2.22. The number of hydrogen-bond donors (Lipinski definition) is 0. The molecule has 0 spiro atoms. The molecule has 1 atom stereocenters. The second-order valence-corrected chi connectivity index (χ2v) is 5.42. The summed E-state index contributed by atoms with van der Waals surface area (Å²) < 4.78 is 51.2. The average molecular weight is 324 g/mol. The number of likely N-dealkylation sites (tertiary alicyclic amines) is 1. The normalized spacial score (nSPS) is 17.7. The summed E-state index contributed by atoms with van der Waals surface area (Å²) in [4.78, 5) is 13.7. The predicted octanol–water partition coefficient (Wildman–Crippen LogP) is 4.14. The van der Waals surface area contributed by atoms with E-state index in [0.717, 1.165) is 25.3 Å². The number of halogens is 5. The summed E-state index contributed by atoms with van der Waals surface area (Å²) in [6.45, 7) is 1.10. The van der Waals surface area contributed by atoms with E-state index >= 15 is 0 Å². The van der Waals surface area contributed by atoms with Crippen LogP contribution < -0.4 is 0 Å². The molecule has 0 bridgehead atoms. The quantitative estimate of drug-likeness (QED) is 0.592. The highest BCUT2D eigenvalue weighted by Crippen LogP contribution is 2.34. The molecule has 21 heavy (non-hydrogen) atoms. The van der Waals surface area contributed by atoms with Gasteiger partial charge in [0.1, 0.15) is 11.2 Å². The predicted molar refractivity (Wildman–Crippen MR) is 70.4 cm³/mol. The Morgan fingerprint density at radius 1 is 1.19 bits per heavy atom. The molecule has 1 amide bonds. The lowest BCUT2D eigenvalue weighted by Gasteiger charge is -2.28. The van der Waals surface area contributed by atoms with Crippen LogP contribution in [0.1, 0.15) is 35.8 Å². The van der Waals surface area contributed by atoms with Gasteiger partial charge < -0.3 is 4.90 Å². The molecule has 1 unspecified atom stereocenters. The van der Waals surface area contributed by atoms with Crippen LogP contribution in [-0.4, -0.2) is 23.9 Å². The van der Waals surface area contributed by atoms with Crippen molar-refractivity contribution in [1.29, 1.82) is 0 Å². The zero-order chi connectivity index (χ0) is 15.6. The molecule has 0 N–H and O–H groups in total. The number of rotatable bonds is 2. The van der Waals surface area contributed by atoms with Gasteiger partial charge in [-0.2, -0.15) is 13.2 Å². The van der Waals surface area contributed by atoms with Crippen LogP contribution in [0, 0.1) is 5.82 Å². The van der Waals surface area contributed by atoms with Crippen LogP contribution in [0.15, 0.2) is 18.2 Å². The van der Waals surface area contributed by atoms with Gasteiger partial charge in [0.25, 0.3) is 0 Å². The first-order chi connectivity index (χ1) is 9.80. The molecule has 1 heterocycles. The minimum atomic E-state index is -4.81. The van der Waals surface area contributed by atoms with Crippen molar-refractivity contribution >= 4 is 17.5 Å². The summed E-state index contributed by atoms with van der Waals surface area (Å²) >= 11 is 5.98. The molecule has 1 saturated heterocycles. The number of amides is 1. The first-order valence-electron chi connectivity index (χ1n) is 6.60. The number of nitrogens with zero attached hydrogens (tertiary/aromatic N) is 1. The second kappa shape index (κ2) is 6.22. The average Bonchev–Trinajstić information content (AvgIpc) is 2.46. The molecule has 1 aliphatic heterocycles. The van der Waals surface area contributed by atoms with Crippen molar-refractivity contribution in [3.05, 3.63) is 35.1 Å². The maximum Gasteiger partial charge on any atom is 0.419 e. The van der Waals surface area contributed by atoms with E-state index in [1.165, 1.54) is 4.90 Å². The minimum Gasteiger partial charge on any atom is -0.341 e. The van der Waals surface area contributed by atoms with Crippen molar-refractivity contribution < 1.29 is 22.4 Å². The molecule has 1 fully saturated rings. The first-order valence-corrected chi connectivity index (χ1v) is 7.04. The second-order valence-electron chi connectivity index (χ2n) is 4.99. The Morgan fingerprint density at radius 2 is 1.81 bits per heavy atom. The molecular weight excluding hydrogens is 310 g/mol. The lowest BCUT2D eigenvalue weighted by Crippen LogP contribution is -2.37. The zero-order valence-corrected chi connectivity index (χ0v) is 11.8. The third-order valence-electron chi connectivity index (χ3n) is 3.47. The van der Waals surface area contributed by atoms with Crippen molar-refractivity contribution in [3.63, 3.8) is 0 Å². The van der Waals surface area contributed by atoms with Gasteiger partial charge in [0.15, 0.2) is 0 Å². The van der Waals surface area contributed by atoms with Gasteiger partial charge >= 0.3 is 6.18 Å². The van der Waals surface area contributed by atoms with E-state index in [0.29, 0.717) is 25.2 Å². The standard InChI is InChI=1S/C14H14ClF4NO/c15-12(13(21)20-6-2-1-3-7-20)9-4-5-11(16)10(8-9)14(17,18)19/h4-5,8,12H,1-3,6-7H2. The van der Waals surface area contributed by atoms with E-state index in [4.69, 9.17) is 11.6 Å². The Kier molecular flexibility index (Phi) is 4.76. The van der Waals surface area contributed by atoms with Gasteiger partial charge in [-0.3, -0.25) is 4.79 Å². The maximum atomic E-state index is 13.2. The van der Waals surface area contributed by atoms with Gasteiger partial charge in [0, 0.05) is 13.1 Å². The van der Waals surface area contributed by atoms with Gasteiger partial charge in [-0.05, 0) is 37.0 Å². The Morgan fingerprint density at radius 3 is 2.38 bits per heavy atom. The van der Waals surface area contributed by atoms with Crippen LogP contribution in [0.2, 0.25) is 0 Å². The van der Waals surface area contributed by atoms with Gasteiger partial charge in [0.05, 0.1) is 5.56 Å². The van der Waals surface area contributed by atoms with E-state index in [9.17, 15) is 22.4 Å². The van der Waals surface area contributed by atoms with E-state index in [1.807, 2.05) is 0 Å².